The number of benzene rings is 2. The Bertz CT molecular complexity index is 849. The fraction of sp³-hybridized carbons (Fsp3) is 0.188. The van der Waals surface area contributed by atoms with Crippen LogP contribution >= 0.6 is 11.6 Å². The molecule has 0 saturated carbocycles. The molecule has 0 spiro atoms. The topological polar surface area (TPSA) is 65.0 Å². The van der Waals surface area contributed by atoms with Crippen LogP contribution in [-0.2, 0) is 10.0 Å². The minimum atomic E-state index is -3.85. The number of hydrogen-bond acceptors (Lipinski definition) is 4. The summed E-state index contributed by atoms with van der Waals surface area (Å²) < 4.78 is 39.4. The zero-order valence-corrected chi connectivity index (χ0v) is 13.7. The molecule has 1 heterocycles. The van der Waals surface area contributed by atoms with E-state index < -0.39 is 10.0 Å². The molecule has 1 aliphatic rings. The summed E-state index contributed by atoms with van der Waals surface area (Å²) >= 11 is 5.99. The molecule has 7 heteroatoms. The third kappa shape index (κ3) is 3.65. The molecule has 2 aromatic rings. The molecule has 3 rings (SSSR count). The first-order valence-electron chi connectivity index (χ1n) is 7.01. The molecule has 0 fully saturated rings. The van der Waals surface area contributed by atoms with Crippen molar-refractivity contribution >= 4 is 27.8 Å². The zero-order valence-electron chi connectivity index (χ0n) is 12.1. The summed E-state index contributed by atoms with van der Waals surface area (Å²) in [5, 5.41) is 0.435. The summed E-state index contributed by atoms with van der Waals surface area (Å²) in [7, 11) is -3.85. The van der Waals surface area contributed by atoms with Crippen LogP contribution in [0, 0.1) is 0 Å². The van der Waals surface area contributed by atoms with Gasteiger partial charge in [-0.15, -0.1) is 0 Å². The minimum Gasteiger partial charge on any atom is -0.490 e. The van der Waals surface area contributed by atoms with Gasteiger partial charge < -0.3 is 9.47 Å². The Kier molecular flexibility index (Phi) is 4.54. The van der Waals surface area contributed by atoms with Crippen LogP contribution in [-0.4, -0.2) is 27.8 Å². The lowest BCUT2D eigenvalue weighted by Gasteiger charge is -2.08. The van der Waals surface area contributed by atoms with Crippen molar-refractivity contribution in [3.05, 3.63) is 53.1 Å². The van der Waals surface area contributed by atoms with Gasteiger partial charge in [0.1, 0.15) is 0 Å². The van der Waals surface area contributed by atoms with Crippen LogP contribution in [0.5, 0.6) is 11.5 Å². The van der Waals surface area contributed by atoms with Gasteiger partial charge in [0.25, 0.3) is 10.0 Å². The van der Waals surface area contributed by atoms with Crippen molar-refractivity contribution < 1.29 is 17.9 Å². The maximum Gasteiger partial charge on any atom is 0.282 e. The second-order valence-electron chi connectivity index (χ2n) is 4.89. The molecule has 0 unspecified atom stereocenters. The molecule has 23 heavy (non-hydrogen) atoms. The highest BCUT2D eigenvalue weighted by molar-refractivity contribution is 7.90. The van der Waals surface area contributed by atoms with Gasteiger partial charge in [0.15, 0.2) is 11.5 Å². The van der Waals surface area contributed by atoms with Gasteiger partial charge in [0, 0.05) is 29.3 Å². The smallest absolute Gasteiger partial charge is 0.282 e. The predicted octanol–water partition coefficient (Wildman–Crippen LogP) is 3.31. The van der Waals surface area contributed by atoms with Gasteiger partial charge in [-0.05, 0) is 18.2 Å². The largest absolute Gasteiger partial charge is 0.490 e. The van der Waals surface area contributed by atoms with Gasteiger partial charge >= 0.3 is 0 Å². The lowest BCUT2D eigenvalue weighted by atomic mass is 10.2. The Labute approximate surface area is 139 Å². The Hall–Kier alpha value is -2.05. The van der Waals surface area contributed by atoms with Crippen LogP contribution in [0.3, 0.4) is 0 Å². The molecule has 1 aliphatic heterocycles. The van der Waals surface area contributed by atoms with Crippen molar-refractivity contribution in [2.45, 2.75) is 11.3 Å². The molecular weight excluding hydrogens is 338 g/mol. The van der Waals surface area contributed by atoms with Gasteiger partial charge in [0.2, 0.25) is 0 Å². The average molecular weight is 352 g/mol. The van der Waals surface area contributed by atoms with E-state index >= 15 is 0 Å². The van der Waals surface area contributed by atoms with Gasteiger partial charge in [-0.3, -0.25) is 0 Å². The van der Waals surface area contributed by atoms with E-state index in [0.717, 1.165) is 6.42 Å². The van der Waals surface area contributed by atoms with Crippen molar-refractivity contribution in [3.8, 4) is 11.5 Å². The maximum absolute atomic E-state index is 12.4. The Morgan fingerprint density at radius 1 is 1.04 bits per heavy atom. The first-order valence-corrected chi connectivity index (χ1v) is 8.82. The zero-order chi connectivity index (χ0) is 16.3. The van der Waals surface area contributed by atoms with Crippen molar-refractivity contribution in [1.82, 2.24) is 0 Å². The van der Waals surface area contributed by atoms with E-state index in [0.29, 0.717) is 35.3 Å². The predicted molar refractivity (Wildman–Crippen MR) is 88.3 cm³/mol. The van der Waals surface area contributed by atoms with E-state index in [4.69, 9.17) is 21.1 Å². The van der Waals surface area contributed by atoms with E-state index in [1.165, 1.54) is 18.3 Å². The van der Waals surface area contributed by atoms with Gasteiger partial charge in [-0.2, -0.15) is 12.8 Å². The minimum absolute atomic E-state index is 0.0463. The lowest BCUT2D eigenvalue weighted by Crippen LogP contribution is -2.00. The Balaban J connectivity index is 1.91. The number of ether oxygens (including phenoxy) is 2. The number of halogens is 1. The van der Waals surface area contributed by atoms with E-state index in [1.54, 1.807) is 30.3 Å². The van der Waals surface area contributed by atoms with Gasteiger partial charge in [-0.1, -0.05) is 29.8 Å². The summed E-state index contributed by atoms with van der Waals surface area (Å²) in [5.74, 6) is 0.952. The highest BCUT2D eigenvalue weighted by Gasteiger charge is 2.17. The fourth-order valence-electron chi connectivity index (χ4n) is 2.07. The summed E-state index contributed by atoms with van der Waals surface area (Å²) in [5.41, 5.74) is 0.534. The quantitative estimate of drug-likeness (QED) is 0.796. The monoisotopic (exact) mass is 351 g/mol. The SMILES string of the molecule is O=S(=O)(/N=C/c1ccccc1Cl)c1ccc2c(c1)OCCCO2. The van der Waals surface area contributed by atoms with Gasteiger partial charge in [0.05, 0.1) is 18.1 Å². The Morgan fingerprint density at radius 3 is 2.57 bits per heavy atom. The second-order valence-corrected chi connectivity index (χ2v) is 6.93. The average Bonchev–Trinajstić information content (AvgIpc) is 2.78. The number of fused-ring (bicyclic) bond motifs is 1. The molecule has 0 N–H and O–H groups in total. The van der Waals surface area contributed by atoms with Crippen LogP contribution in [0.1, 0.15) is 12.0 Å². The molecule has 5 nitrogen and oxygen atoms in total. The fourth-order valence-corrected chi connectivity index (χ4v) is 3.13. The maximum atomic E-state index is 12.4. The molecular formula is C16H14ClNO4S. The highest BCUT2D eigenvalue weighted by atomic mass is 35.5. The van der Waals surface area contributed by atoms with E-state index in [-0.39, 0.29) is 4.90 Å². The standard InChI is InChI=1S/C16H14ClNO4S/c17-14-5-2-1-4-12(14)11-18-23(19,20)13-6-7-15-16(10-13)22-9-3-8-21-15/h1-2,4-7,10-11H,3,8-9H2/b18-11+. The normalized spacial score (nSPS) is 14.7. The molecule has 0 atom stereocenters. The summed E-state index contributed by atoms with van der Waals surface area (Å²) in [6.07, 6.45) is 1.99. The van der Waals surface area contributed by atoms with Crippen molar-refractivity contribution in [2.75, 3.05) is 13.2 Å². The molecule has 0 amide bonds. The van der Waals surface area contributed by atoms with Crippen LogP contribution in [0.2, 0.25) is 5.02 Å². The number of hydrogen-bond donors (Lipinski definition) is 0. The van der Waals surface area contributed by atoms with Gasteiger partial charge in [-0.25, -0.2) is 0 Å². The van der Waals surface area contributed by atoms with Crippen LogP contribution in [0.4, 0.5) is 0 Å². The van der Waals surface area contributed by atoms with Crippen molar-refractivity contribution in [3.63, 3.8) is 0 Å². The first-order chi connectivity index (χ1) is 11.1. The molecule has 0 radical (unpaired) electrons. The third-order valence-electron chi connectivity index (χ3n) is 3.25. The molecule has 0 aliphatic carbocycles. The number of rotatable bonds is 3. The number of nitrogens with zero attached hydrogens (tertiary/aromatic N) is 1. The summed E-state index contributed by atoms with van der Waals surface area (Å²) in [4.78, 5) is 0.0463. The highest BCUT2D eigenvalue weighted by Crippen LogP contribution is 2.32. The molecule has 0 aromatic heterocycles. The summed E-state index contributed by atoms with van der Waals surface area (Å²) in [6, 6.07) is 11.3. The molecule has 2 aromatic carbocycles. The Morgan fingerprint density at radius 2 is 1.78 bits per heavy atom. The van der Waals surface area contributed by atoms with E-state index in [9.17, 15) is 8.42 Å². The van der Waals surface area contributed by atoms with Crippen LogP contribution in [0.15, 0.2) is 51.8 Å². The lowest BCUT2D eigenvalue weighted by molar-refractivity contribution is 0.297. The first kappa shape index (κ1) is 15.8. The van der Waals surface area contributed by atoms with Crippen molar-refractivity contribution in [1.29, 1.82) is 0 Å². The van der Waals surface area contributed by atoms with E-state index in [2.05, 4.69) is 4.40 Å². The summed E-state index contributed by atoms with van der Waals surface area (Å²) in [6.45, 7) is 1.03. The second kappa shape index (κ2) is 6.60. The van der Waals surface area contributed by atoms with Crippen LogP contribution in [0.25, 0.3) is 0 Å². The van der Waals surface area contributed by atoms with E-state index in [1.807, 2.05) is 0 Å². The van der Waals surface area contributed by atoms with Crippen molar-refractivity contribution in [2.24, 2.45) is 4.40 Å². The molecule has 120 valence electrons. The van der Waals surface area contributed by atoms with Crippen LogP contribution < -0.4 is 9.47 Å². The molecule has 0 bridgehead atoms. The molecule has 0 saturated heterocycles. The number of sulfonamides is 1. The third-order valence-corrected chi connectivity index (χ3v) is 4.83.